The minimum absolute atomic E-state index is 0.0921. The first kappa shape index (κ1) is 23.9. The van der Waals surface area contributed by atoms with Crippen LogP contribution in [0.5, 0.6) is 17.2 Å². The number of methoxy groups -OCH3 is 3. The number of ether oxygens (including phenoxy) is 3. The fourth-order valence-electron chi connectivity index (χ4n) is 3.68. The van der Waals surface area contributed by atoms with E-state index in [-0.39, 0.29) is 12.5 Å². The largest absolute Gasteiger partial charge is 0.493 e. The van der Waals surface area contributed by atoms with Crippen LogP contribution in [0.4, 0.5) is 0 Å². The molecular weight excluding hydrogens is 424 g/mol. The molecule has 1 saturated heterocycles. The van der Waals surface area contributed by atoms with Crippen LogP contribution in [-0.2, 0) is 11.3 Å². The fourth-order valence-corrected chi connectivity index (χ4v) is 3.68. The lowest BCUT2D eigenvalue weighted by atomic mass is 10.1. The Morgan fingerprint density at radius 1 is 0.970 bits per heavy atom. The second-order valence-corrected chi connectivity index (χ2v) is 7.56. The number of amides is 2. The van der Waals surface area contributed by atoms with E-state index < -0.39 is 5.91 Å². The van der Waals surface area contributed by atoms with Crippen LogP contribution in [0, 0.1) is 11.3 Å². The summed E-state index contributed by atoms with van der Waals surface area (Å²) >= 11 is 0. The number of nitrogens with zero attached hydrogens (tertiary/aromatic N) is 3. The molecule has 1 fully saturated rings. The zero-order valence-electron chi connectivity index (χ0n) is 19.1. The predicted octanol–water partition coefficient (Wildman–Crippen LogP) is 1.66. The molecule has 1 N–H and O–H groups in total. The summed E-state index contributed by atoms with van der Waals surface area (Å²) in [5, 5.41) is 11.6. The molecule has 33 heavy (non-hydrogen) atoms. The molecule has 1 aliphatic rings. The number of hydrogen-bond donors (Lipinski definition) is 1. The number of carbonyl (C=O) groups is 2. The number of rotatable bonds is 8. The van der Waals surface area contributed by atoms with Crippen LogP contribution in [0.3, 0.4) is 0 Å². The van der Waals surface area contributed by atoms with Gasteiger partial charge in [0.25, 0.3) is 5.91 Å². The van der Waals surface area contributed by atoms with Crippen LogP contribution < -0.4 is 19.5 Å². The number of benzene rings is 2. The van der Waals surface area contributed by atoms with Crippen molar-refractivity contribution in [2.75, 3.05) is 54.1 Å². The third-order valence-corrected chi connectivity index (χ3v) is 5.54. The minimum atomic E-state index is -0.401. The van der Waals surface area contributed by atoms with Crippen LogP contribution in [0.1, 0.15) is 21.5 Å². The molecule has 0 atom stereocenters. The fraction of sp³-hybridized carbons (Fsp3) is 0.375. The van der Waals surface area contributed by atoms with Gasteiger partial charge in [0.2, 0.25) is 11.7 Å². The topological polar surface area (TPSA) is 104 Å². The summed E-state index contributed by atoms with van der Waals surface area (Å²) in [7, 11) is 4.44. The van der Waals surface area contributed by atoms with Gasteiger partial charge in [-0.3, -0.25) is 14.5 Å². The van der Waals surface area contributed by atoms with Crippen molar-refractivity contribution in [1.29, 1.82) is 5.26 Å². The van der Waals surface area contributed by atoms with Gasteiger partial charge >= 0.3 is 0 Å². The second kappa shape index (κ2) is 11.2. The lowest BCUT2D eigenvalue weighted by Gasteiger charge is -2.34. The van der Waals surface area contributed by atoms with Crippen molar-refractivity contribution in [3.05, 3.63) is 53.1 Å². The first-order chi connectivity index (χ1) is 16.0. The third-order valence-electron chi connectivity index (χ3n) is 5.54. The SMILES string of the molecule is COc1cc(C(=O)NCC(=O)N2CCN(Cc3ccc(C#N)cc3)CC2)cc(OC)c1OC. The Hall–Kier alpha value is -3.77. The molecule has 174 valence electrons. The number of nitriles is 1. The molecule has 9 heteroatoms. The highest BCUT2D eigenvalue weighted by molar-refractivity contribution is 5.97. The molecule has 0 radical (unpaired) electrons. The molecule has 2 aromatic rings. The van der Waals surface area contributed by atoms with Gasteiger partial charge in [0.05, 0.1) is 39.5 Å². The van der Waals surface area contributed by atoms with Crippen LogP contribution in [0.25, 0.3) is 0 Å². The number of hydrogen-bond acceptors (Lipinski definition) is 7. The van der Waals surface area contributed by atoms with E-state index in [1.807, 2.05) is 24.3 Å². The Kier molecular flexibility index (Phi) is 8.11. The van der Waals surface area contributed by atoms with Gasteiger partial charge in [-0.05, 0) is 29.8 Å². The van der Waals surface area contributed by atoms with Gasteiger partial charge in [0.1, 0.15) is 0 Å². The van der Waals surface area contributed by atoms with E-state index in [4.69, 9.17) is 19.5 Å². The summed E-state index contributed by atoms with van der Waals surface area (Å²) in [5.41, 5.74) is 2.08. The maximum Gasteiger partial charge on any atom is 0.251 e. The molecule has 9 nitrogen and oxygen atoms in total. The highest BCUT2D eigenvalue weighted by Crippen LogP contribution is 2.38. The van der Waals surface area contributed by atoms with Crippen molar-refractivity contribution >= 4 is 11.8 Å². The van der Waals surface area contributed by atoms with Crippen LogP contribution in [0.2, 0.25) is 0 Å². The minimum Gasteiger partial charge on any atom is -0.493 e. The zero-order valence-corrected chi connectivity index (χ0v) is 19.1. The van der Waals surface area contributed by atoms with E-state index in [9.17, 15) is 9.59 Å². The Labute approximate surface area is 193 Å². The molecule has 2 amide bonds. The smallest absolute Gasteiger partial charge is 0.251 e. The molecule has 1 heterocycles. The van der Waals surface area contributed by atoms with E-state index in [2.05, 4.69) is 16.3 Å². The van der Waals surface area contributed by atoms with E-state index in [0.29, 0.717) is 41.5 Å². The molecule has 2 aromatic carbocycles. The van der Waals surface area contributed by atoms with Gasteiger partial charge < -0.3 is 24.4 Å². The average Bonchev–Trinajstić information content (AvgIpc) is 2.86. The Morgan fingerprint density at radius 3 is 2.09 bits per heavy atom. The van der Waals surface area contributed by atoms with E-state index in [1.54, 1.807) is 17.0 Å². The van der Waals surface area contributed by atoms with Crippen molar-refractivity contribution < 1.29 is 23.8 Å². The second-order valence-electron chi connectivity index (χ2n) is 7.56. The quantitative estimate of drug-likeness (QED) is 0.650. The highest BCUT2D eigenvalue weighted by Gasteiger charge is 2.22. The number of carbonyl (C=O) groups excluding carboxylic acids is 2. The van der Waals surface area contributed by atoms with E-state index >= 15 is 0 Å². The summed E-state index contributed by atoms with van der Waals surface area (Å²) in [6.07, 6.45) is 0. The van der Waals surface area contributed by atoms with Gasteiger partial charge in [-0.2, -0.15) is 5.26 Å². The summed E-state index contributed by atoms with van der Waals surface area (Å²) in [6.45, 7) is 3.35. The van der Waals surface area contributed by atoms with Gasteiger partial charge in [0, 0.05) is 38.3 Å². The molecule has 0 unspecified atom stereocenters. The highest BCUT2D eigenvalue weighted by atomic mass is 16.5. The van der Waals surface area contributed by atoms with Crippen molar-refractivity contribution in [3.8, 4) is 23.3 Å². The average molecular weight is 453 g/mol. The van der Waals surface area contributed by atoms with Crippen molar-refractivity contribution in [2.24, 2.45) is 0 Å². The van der Waals surface area contributed by atoms with E-state index in [1.165, 1.54) is 21.3 Å². The van der Waals surface area contributed by atoms with Gasteiger partial charge in [0.15, 0.2) is 11.5 Å². The summed E-state index contributed by atoms with van der Waals surface area (Å²) in [5.74, 6) is 0.598. The number of nitrogens with one attached hydrogen (secondary N) is 1. The number of piperazine rings is 1. The Morgan fingerprint density at radius 2 is 1.58 bits per heavy atom. The molecule has 0 spiro atoms. The van der Waals surface area contributed by atoms with Gasteiger partial charge in [-0.15, -0.1) is 0 Å². The van der Waals surface area contributed by atoms with Crippen molar-refractivity contribution in [3.63, 3.8) is 0 Å². The lowest BCUT2D eigenvalue weighted by Crippen LogP contribution is -2.50. The van der Waals surface area contributed by atoms with Crippen molar-refractivity contribution in [2.45, 2.75) is 6.54 Å². The predicted molar refractivity (Wildman–Crippen MR) is 121 cm³/mol. The normalized spacial score (nSPS) is 13.7. The van der Waals surface area contributed by atoms with Crippen LogP contribution in [-0.4, -0.2) is 75.7 Å². The molecule has 0 aromatic heterocycles. The Balaban J connectivity index is 1.50. The summed E-state index contributed by atoms with van der Waals surface area (Å²) < 4.78 is 15.8. The van der Waals surface area contributed by atoms with Crippen molar-refractivity contribution in [1.82, 2.24) is 15.1 Å². The Bertz CT molecular complexity index is 999. The van der Waals surface area contributed by atoms with E-state index in [0.717, 1.165) is 25.2 Å². The molecule has 3 rings (SSSR count). The van der Waals surface area contributed by atoms with Gasteiger partial charge in [-0.25, -0.2) is 0 Å². The first-order valence-corrected chi connectivity index (χ1v) is 10.6. The lowest BCUT2D eigenvalue weighted by molar-refractivity contribution is -0.131. The molecule has 1 aliphatic heterocycles. The molecule has 0 bridgehead atoms. The summed E-state index contributed by atoms with van der Waals surface area (Å²) in [4.78, 5) is 29.2. The van der Waals surface area contributed by atoms with Crippen LogP contribution in [0.15, 0.2) is 36.4 Å². The standard InChI is InChI=1S/C24H28N4O5/c1-31-20-12-19(13-21(32-2)23(20)33-3)24(30)26-15-22(29)28-10-8-27(9-11-28)16-18-6-4-17(14-25)5-7-18/h4-7,12-13H,8-11,15-16H2,1-3H3,(H,26,30). The maximum absolute atomic E-state index is 12.6. The molecular formula is C24H28N4O5. The van der Waals surface area contributed by atoms with Crippen LogP contribution >= 0.6 is 0 Å². The molecule has 0 saturated carbocycles. The first-order valence-electron chi connectivity index (χ1n) is 10.6. The third kappa shape index (κ3) is 5.93. The summed E-state index contributed by atoms with van der Waals surface area (Å²) in [6, 6.07) is 12.7. The van der Waals surface area contributed by atoms with Gasteiger partial charge in [-0.1, -0.05) is 12.1 Å². The maximum atomic E-state index is 12.6. The monoisotopic (exact) mass is 452 g/mol. The zero-order chi connectivity index (χ0) is 23.8. The molecule has 0 aliphatic carbocycles.